The molecule has 1 aromatic heterocycles. The third kappa shape index (κ3) is 4.40. The second kappa shape index (κ2) is 5.14. The number of hydrogen-bond donors (Lipinski definition) is 2. The molecule has 17 heavy (non-hydrogen) atoms. The number of halogens is 1. The molecule has 0 unspecified atom stereocenters. The lowest BCUT2D eigenvalue weighted by atomic mass is 10.00. The van der Waals surface area contributed by atoms with E-state index in [4.69, 9.17) is 17.3 Å². The standard InChI is InChI=1S/C11H14ClN3O2/c1-11(2,6-9(13)16)15-10(17)7-4-3-5-8(12)14-7/h3-5H,6H2,1-2H3,(H2,13,16)(H,15,17). The maximum atomic E-state index is 11.8. The Morgan fingerprint density at radius 1 is 1.47 bits per heavy atom. The number of amides is 2. The van der Waals surface area contributed by atoms with Crippen LogP contribution < -0.4 is 11.1 Å². The molecule has 0 aliphatic heterocycles. The summed E-state index contributed by atoms with van der Waals surface area (Å²) in [6.45, 7) is 3.42. The third-order valence-corrected chi connectivity index (χ3v) is 2.23. The molecule has 3 N–H and O–H groups in total. The van der Waals surface area contributed by atoms with Gasteiger partial charge >= 0.3 is 0 Å². The Labute approximate surface area is 104 Å². The third-order valence-electron chi connectivity index (χ3n) is 2.02. The zero-order chi connectivity index (χ0) is 13.1. The zero-order valence-electron chi connectivity index (χ0n) is 9.66. The SMILES string of the molecule is CC(C)(CC(N)=O)NC(=O)c1cccc(Cl)n1. The molecule has 0 aromatic carbocycles. The fourth-order valence-corrected chi connectivity index (χ4v) is 1.55. The molecule has 92 valence electrons. The van der Waals surface area contributed by atoms with Crippen LogP contribution in [0.3, 0.4) is 0 Å². The molecule has 0 saturated carbocycles. The highest BCUT2D eigenvalue weighted by Gasteiger charge is 2.23. The highest BCUT2D eigenvalue weighted by Crippen LogP contribution is 2.10. The molecular formula is C11H14ClN3O2. The van der Waals surface area contributed by atoms with Crippen LogP contribution in [-0.4, -0.2) is 22.3 Å². The van der Waals surface area contributed by atoms with E-state index < -0.39 is 17.4 Å². The second-order valence-electron chi connectivity index (χ2n) is 4.33. The molecule has 0 radical (unpaired) electrons. The highest BCUT2D eigenvalue weighted by atomic mass is 35.5. The summed E-state index contributed by atoms with van der Waals surface area (Å²) >= 11 is 5.68. The molecule has 0 spiro atoms. The van der Waals surface area contributed by atoms with E-state index in [9.17, 15) is 9.59 Å². The van der Waals surface area contributed by atoms with Gasteiger partial charge in [-0.1, -0.05) is 17.7 Å². The Kier molecular flexibility index (Phi) is 4.07. The number of nitrogens with zero attached hydrogens (tertiary/aromatic N) is 1. The first-order valence-corrected chi connectivity index (χ1v) is 5.41. The first-order chi connectivity index (χ1) is 7.80. The number of rotatable bonds is 4. The van der Waals surface area contributed by atoms with E-state index >= 15 is 0 Å². The molecule has 1 rings (SSSR count). The minimum absolute atomic E-state index is 0.0549. The monoisotopic (exact) mass is 255 g/mol. The molecule has 0 aliphatic carbocycles. The van der Waals surface area contributed by atoms with Crippen LogP contribution in [0.25, 0.3) is 0 Å². The molecule has 1 aromatic rings. The van der Waals surface area contributed by atoms with Gasteiger partial charge < -0.3 is 11.1 Å². The number of pyridine rings is 1. The summed E-state index contributed by atoms with van der Waals surface area (Å²) in [5.74, 6) is -0.867. The smallest absolute Gasteiger partial charge is 0.270 e. The van der Waals surface area contributed by atoms with Crippen molar-refractivity contribution in [2.45, 2.75) is 25.8 Å². The molecular weight excluding hydrogens is 242 g/mol. The minimum Gasteiger partial charge on any atom is -0.370 e. The van der Waals surface area contributed by atoms with Crippen molar-refractivity contribution in [3.05, 3.63) is 29.0 Å². The summed E-state index contributed by atoms with van der Waals surface area (Å²) in [5, 5.41) is 2.91. The van der Waals surface area contributed by atoms with Gasteiger partial charge in [-0.05, 0) is 26.0 Å². The topological polar surface area (TPSA) is 85.1 Å². The van der Waals surface area contributed by atoms with E-state index in [0.717, 1.165) is 0 Å². The minimum atomic E-state index is -0.715. The summed E-state index contributed by atoms with van der Waals surface area (Å²) < 4.78 is 0. The van der Waals surface area contributed by atoms with Crippen molar-refractivity contribution in [2.24, 2.45) is 5.73 Å². The molecule has 1 heterocycles. The first-order valence-electron chi connectivity index (χ1n) is 5.03. The number of nitrogens with two attached hydrogens (primary N) is 1. The summed E-state index contributed by atoms with van der Waals surface area (Å²) in [4.78, 5) is 26.5. The number of carbonyl (C=O) groups is 2. The molecule has 0 fully saturated rings. The Hall–Kier alpha value is -1.62. The predicted molar refractivity (Wildman–Crippen MR) is 64.6 cm³/mol. The lowest BCUT2D eigenvalue weighted by molar-refractivity contribution is -0.119. The Morgan fingerprint density at radius 2 is 2.12 bits per heavy atom. The fraction of sp³-hybridized carbons (Fsp3) is 0.364. The first kappa shape index (κ1) is 13.4. The van der Waals surface area contributed by atoms with Gasteiger partial charge in [0.05, 0.1) is 0 Å². The van der Waals surface area contributed by atoms with Gasteiger partial charge in [0, 0.05) is 12.0 Å². The maximum Gasteiger partial charge on any atom is 0.270 e. The molecule has 0 atom stereocenters. The van der Waals surface area contributed by atoms with Crippen LogP contribution >= 0.6 is 11.6 Å². The van der Waals surface area contributed by atoms with Crippen LogP contribution in [0.4, 0.5) is 0 Å². The molecule has 0 saturated heterocycles. The maximum absolute atomic E-state index is 11.8. The van der Waals surface area contributed by atoms with Crippen LogP contribution in [0, 0.1) is 0 Å². The number of hydrogen-bond acceptors (Lipinski definition) is 3. The lowest BCUT2D eigenvalue weighted by Crippen LogP contribution is -2.46. The van der Waals surface area contributed by atoms with Crippen LogP contribution in [0.5, 0.6) is 0 Å². The number of carbonyl (C=O) groups excluding carboxylic acids is 2. The molecule has 2 amide bonds. The largest absolute Gasteiger partial charge is 0.370 e. The van der Waals surface area contributed by atoms with Crippen molar-refractivity contribution in [3.8, 4) is 0 Å². The van der Waals surface area contributed by atoms with Gasteiger partial charge in [-0.25, -0.2) is 4.98 Å². The highest BCUT2D eigenvalue weighted by molar-refractivity contribution is 6.29. The normalized spacial score (nSPS) is 11.0. The number of aromatic nitrogens is 1. The van der Waals surface area contributed by atoms with Crippen molar-refractivity contribution in [3.63, 3.8) is 0 Å². The Bertz CT molecular complexity index is 446. The van der Waals surface area contributed by atoms with Crippen molar-refractivity contribution >= 4 is 23.4 Å². The average molecular weight is 256 g/mol. The van der Waals surface area contributed by atoms with E-state index in [2.05, 4.69) is 10.3 Å². The Morgan fingerprint density at radius 3 is 2.65 bits per heavy atom. The summed E-state index contributed by atoms with van der Waals surface area (Å²) in [6.07, 6.45) is 0.0549. The predicted octanol–water partition coefficient (Wildman–Crippen LogP) is 1.12. The van der Waals surface area contributed by atoms with Gasteiger partial charge in [-0.3, -0.25) is 9.59 Å². The fourth-order valence-electron chi connectivity index (χ4n) is 1.39. The van der Waals surface area contributed by atoms with Gasteiger partial charge in [0.2, 0.25) is 5.91 Å². The average Bonchev–Trinajstić information content (AvgIpc) is 2.14. The van der Waals surface area contributed by atoms with Crippen molar-refractivity contribution in [1.82, 2.24) is 10.3 Å². The summed E-state index contributed by atoms with van der Waals surface area (Å²) in [5.41, 5.74) is 4.58. The van der Waals surface area contributed by atoms with Gasteiger partial charge in [-0.2, -0.15) is 0 Å². The second-order valence-corrected chi connectivity index (χ2v) is 4.71. The number of nitrogens with one attached hydrogen (secondary N) is 1. The van der Waals surface area contributed by atoms with E-state index in [-0.39, 0.29) is 17.3 Å². The molecule has 5 nitrogen and oxygen atoms in total. The van der Waals surface area contributed by atoms with Crippen LogP contribution in [0.2, 0.25) is 5.15 Å². The van der Waals surface area contributed by atoms with Crippen LogP contribution in [-0.2, 0) is 4.79 Å². The van der Waals surface area contributed by atoms with Crippen molar-refractivity contribution < 1.29 is 9.59 Å². The zero-order valence-corrected chi connectivity index (χ0v) is 10.4. The Balaban J connectivity index is 2.75. The molecule has 0 aliphatic rings. The summed E-state index contributed by atoms with van der Waals surface area (Å²) in [6, 6.07) is 4.75. The lowest BCUT2D eigenvalue weighted by Gasteiger charge is -2.24. The van der Waals surface area contributed by atoms with Gasteiger partial charge in [0.15, 0.2) is 0 Å². The van der Waals surface area contributed by atoms with Gasteiger partial charge in [0.25, 0.3) is 5.91 Å². The molecule has 6 heteroatoms. The summed E-state index contributed by atoms with van der Waals surface area (Å²) in [7, 11) is 0. The molecule has 0 bridgehead atoms. The van der Waals surface area contributed by atoms with Crippen molar-refractivity contribution in [1.29, 1.82) is 0 Å². The quantitative estimate of drug-likeness (QED) is 0.791. The van der Waals surface area contributed by atoms with E-state index in [1.807, 2.05) is 0 Å². The number of primary amides is 1. The van der Waals surface area contributed by atoms with E-state index in [0.29, 0.717) is 0 Å². The van der Waals surface area contributed by atoms with Gasteiger partial charge in [-0.15, -0.1) is 0 Å². The van der Waals surface area contributed by atoms with Gasteiger partial charge in [0.1, 0.15) is 10.8 Å². The van der Waals surface area contributed by atoms with Crippen molar-refractivity contribution in [2.75, 3.05) is 0 Å². The van der Waals surface area contributed by atoms with E-state index in [1.165, 1.54) is 0 Å². The van der Waals surface area contributed by atoms with E-state index in [1.54, 1.807) is 32.0 Å². The van der Waals surface area contributed by atoms with Crippen LogP contribution in [0.15, 0.2) is 18.2 Å². The van der Waals surface area contributed by atoms with Crippen LogP contribution in [0.1, 0.15) is 30.8 Å².